The molecule has 15 heavy (non-hydrogen) atoms. The maximum atomic E-state index is 9.02. The van der Waals surface area contributed by atoms with Crippen molar-refractivity contribution in [3.05, 3.63) is 23.4 Å². The van der Waals surface area contributed by atoms with Gasteiger partial charge in [-0.15, -0.1) is 0 Å². The summed E-state index contributed by atoms with van der Waals surface area (Å²) in [6.45, 7) is 4.21. The molecule has 1 aromatic rings. The van der Waals surface area contributed by atoms with Gasteiger partial charge in [0.15, 0.2) is 0 Å². The third kappa shape index (κ3) is 2.48. The second-order valence-corrected chi connectivity index (χ2v) is 4.33. The third-order valence-electron chi connectivity index (χ3n) is 2.53. The van der Waals surface area contributed by atoms with Gasteiger partial charge in [0.2, 0.25) is 5.88 Å². The van der Waals surface area contributed by atoms with Crippen LogP contribution in [0, 0.1) is 0 Å². The molecule has 1 saturated carbocycles. The van der Waals surface area contributed by atoms with Crippen molar-refractivity contribution in [3.63, 3.8) is 0 Å². The Balaban J connectivity index is 2.26. The summed E-state index contributed by atoms with van der Waals surface area (Å²) < 4.78 is 5.74. The standard InChI is InChI=1S/C12H17NO2/c1-8(2)11-6-3-9(7-14)13-12(11)15-10-4-5-10/h3,6,8,10,14H,4-5,7H2,1-2H3. The fourth-order valence-corrected chi connectivity index (χ4v) is 1.46. The molecule has 0 bridgehead atoms. The van der Waals surface area contributed by atoms with Crippen LogP contribution in [0.4, 0.5) is 0 Å². The fraction of sp³-hybridized carbons (Fsp3) is 0.583. The summed E-state index contributed by atoms with van der Waals surface area (Å²) in [6.07, 6.45) is 2.61. The average molecular weight is 207 g/mol. The number of aliphatic hydroxyl groups is 1. The highest BCUT2D eigenvalue weighted by Gasteiger charge is 2.25. The van der Waals surface area contributed by atoms with E-state index < -0.39 is 0 Å². The molecule has 0 unspecified atom stereocenters. The summed E-state index contributed by atoms with van der Waals surface area (Å²) in [5.41, 5.74) is 1.80. The van der Waals surface area contributed by atoms with Crippen LogP contribution in [0.3, 0.4) is 0 Å². The van der Waals surface area contributed by atoms with Crippen molar-refractivity contribution in [2.75, 3.05) is 0 Å². The lowest BCUT2D eigenvalue weighted by Crippen LogP contribution is -2.05. The molecule has 1 fully saturated rings. The molecule has 0 aromatic carbocycles. The first-order valence-corrected chi connectivity index (χ1v) is 5.48. The second kappa shape index (κ2) is 4.19. The van der Waals surface area contributed by atoms with E-state index in [1.54, 1.807) is 0 Å². The van der Waals surface area contributed by atoms with Crippen LogP contribution in [0.5, 0.6) is 5.88 Å². The summed E-state index contributed by atoms with van der Waals surface area (Å²) in [6, 6.07) is 3.86. The SMILES string of the molecule is CC(C)c1ccc(CO)nc1OC1CC1. The predicted octanol–water partition coefficient (Wildman–Crippen LogP) is 2.24. The van der Waals surface area contributed by atoms with E-state index in [9.17, 15) is 0 Å². The van der Waals surface area contributed by atoms with Crippen LogP contribution in [0.15, 0.2) is 12.1 Å². The van der Waals surface area contributed by atoms with Crippen molar-refractivity contribution in [3.8, 4) is 5.88 Å². The van der Waals surface area contributed by atoms with Gasteiger partial charge < -0.3 is 9.84 Å². The number of hydrogen-bond donors (Lipinski definition) is 1. The van der Waals surface area contributed by atoms with Crippen molar-refractivity contribution < 1.29 is 9.84 Å². The van der Waals surface area contributed by atoms with E-state index in [2.05, 4.69) is 18.8 Å². The number of rotatable bonds is 4. The summed E-state index contributed by atoms with van der Waals surface area (Å²) in [7, 11) is 0. The van der Waals surface area contributed by atoms with Gasteiger partial charge in [0, 0.05) is 5.56 Å². The monoisotopic (exact) mass is 207 g/mol. The van der Waals surface area contributed by atoms with Crippen molar-refractivity contribution in [2.45, 2.75) is 45.3 Å². The van der Waals surface area contributed by atoms with E-state index in [0.717, 1.165) is 18.4 Å². The predicted molar refractivity (Wildman–Crippen MR) is 57.9 cm³/mol. The second-order valence-electron chi connectivity index (χ2n) is 4.33. The lowest BCUT2D eigenvalue weighted by atomic mass is 10.0. The van der Waals surface area contributed by atoms with E-state index in [0.29, 0.717) is 23.6 Å². The summed E-state index contributed by atoms with van der Waals surface area (Å²) in [5, 5.41) is 9.02. The Morgan fingerprint density at radius 1 is 1.47 bits per heavy atom. The van der Waals surface area contributed by atoms with Gasteiger partial charge in [-0.25, -0.2) is 4.98 Å². The van der Waals surface area contributed by atoms with Gasteiger partial charge in [-0.1, -0.05) is 19.9 Å². The molecule has 0 atom stereocenters. The molecule has 1 aromatic heterocycles. The topological polar surface area (TPSA) is 42.4 Å². The van der Waals surface area contributed by atoms with Gasteiger partial charge in [-0.3, -0.25) is 0 Å². The van der Waals surface area contributed by atoms with Crippen LogP contribution >= 0.6 is 0 Å². The first-order chi connectivity index (χ1) is 7.20. The minimum atomic E-state index is -0.0284. The third-order valence-corrected chi connectivity index (χ3v) is 2.53. The van der Waals surface area contributed by atoms with Crippen molar-refractivity contribution >= 4 is 0 Å². The van der Waals surface area contributed by atoms with E-state index >= 15 is 0 Å². The van der Waals surface area contributed by atoms with Crippen LogP contribution in [-0.4, -0.2) is 16.2 Å². The van der Waals surface area contributed by atoms with Crippen molar-refractivity contribution in [2.24, 2.45) is 0 Å². The van der Waals surface area contributed by atoms with E-state index in [-0.39, 0.29) is 6.61 Å². The average Bonchev–Trinajstić information content (AvgIpc) is 3.01. The number of aliphatic hydroxyl groups excluding tert-OH is 1. The van der Waals surface area contributed by atoms with E-state index in [4.69, 9.17) is 9.84 Å². The zero-order valence-corrected chi connectivity index (χ0v) is 9.23. The van der Waals surface area contributed by atoms with Gasteiger partial charge in [0.25, 0.3) is 0 Å². The van der Waals surface area contributed by atoms with Crippen LogP contribution < -0.4 is 4.74 Å². The Morgan fingerprint density at radius 2 is 2.20 bits per heavy atom. The minimum absolute atomic E-state index is 0.0284. The lowest BCUT2D eigenvalue weighted by Gasteiger charge is -2.13. The number of ether oxygens (including phenoxy) is 1. The minimum Gasteiger partial charge on any atom is -0.474 e. The lowest BCUT2D eigenvalue weighted by molar-refractivity contribution is 0.263. The zero-order valence-electron chi connectivity index (χ0n) is 9.23. The molecule has 0 radical (unpaired) electrons. The van der Waals surface area contributed by atoms with E-state index in [1.807, 2.05) is 12.1 Å². The molecule has 0 aliphatic heterocycles. The molecular formula is C12H17NO2. The fourth-order valence-electron chi connectivity index (χ4n) is 1.46. The molecule has 1 heterocycles. The number of aromatic nitrogens is 1. The highest BCUT2D eigenvalue weighted by molar-refractivity contribution is 5.31. The van der Waals surface area contributed by atoms with Crippen molar-refractivity contribution in [1.82, 2.24) is 4.98 Å². The van der Waals surface area contributed by atoms with Crippen molar-refractivity contribution in [1.29, 1.82) is 0 Å². The number of nitrogens with zero attached hydrogens (tertiary/aromatic N) is 1. The van der Waals surface area contributed by atoms with Gasteiger partial charge in [0.05, 0.1) is 12.3 Å². The van der Waals surface area contributed by atoms with Gasteiger partial charge in [-0.2, -0.15) is 0 Å². The largest absolute Gasteiger partial charge is 0.474 e. The molecule has 3 heteroatoms. The Morgan fingerprint density at radius 3 is 2.73 bits per heavy atom. The van der Waals surface area contributed by atoms with Gasteiger partial charge in [0.1, 0.15) is 6.10 Å². The first-order valence-electron chi connectivity index (χ1n) is 5.48. The molecule has 2 rings (SSSR count). The highest BCUT2D eigenvalue weighted by atomic mass is 16.5. The Hall–Kier alpha value is -1.09. The maximum Gasteiger partial charge on any atom is 0.217 e. The molecule has 3 nitrogen and oxygen atoms in total. The van der Waals surface area contributed by atoms with Crippen LogP contribution in [0.2, 0.25) is 0 Å². The molecule has 1 N–H and O–H groups in total. The number of hydrogen-bond acceptors (Lipinski definition) is 3. The highest BCUT2D eigenvalue weighted by Crippen LogP contribution is 2.31. The zero-order chi connectivity index (χ0) is 10.8. The molecule has 0 spiro atoms. The van der Waals surface area contributed by atoms with Crippen LogP contribution in [0.25, 0.3) is 0 Å². The maximum absolute atomic E-state index is 9.02. The number of pyridine rings is 1. The summed E-state index contributed by atoms with van der Waals surface area (Å²) in [5.74, 6) is 1.11. The van der Waals surface area contributed by atoms with E-state index in [1.165, 1.54) is 0 Å². The molecule has 0 saturated heterocycles. The smallest absolute Gasteiger partial charge is 0.217 e. The Kier molecular flexibility index (Phi) is 2.91. The molecule has 1 aliphatic carbocycles. The van der Waals surface area contributed by atoms with Crippen LogP contribution in [-0.2, 0) is 6.61 Å². The first kappa shape index (κ1) is 10.4. The molecule has 82 valence electrons. The Labute approximate surface area is 90.1 Å². The Bertz CT molecular complexity index is 345. The summed E-state index contributed by atoms with van der Waals surface area (Å²) in [4.78, 5) is 4.32. The quantitative estimate of drug-likeness (QED) is 0.823. The van der Waals surface area contributed by atoms with Gasteiger partial charge >= 0.3 is 0 Å². The molecule has 1 aliphatic rings. The molecular weight excluding hydrogens is 190 g/mol. The normalized spacial score (nSPS) is 15.7. The van der Waals surface area contributed by atoms with Crippen LogP contribution in [0.1, 0.15) is 43.9 Å². The summed E-state index contributed by atoms with van der Waals surface area (Å²) >= 11 is 0. The molecule has 0 amide bonds. The van der Waals surface area contributed by atoms with Gasteiger partial charge in [-0.05, 0) is 24.8 Å².